The number of halogens is 1. The number of nitrogens with zero attached hydrogens (tertiary/aromatic N) is 3. The van der Waals surface area contributed by atoms with Crippen LogP contribution >= 0.6 is 34.7 Å². The average Bonchev–Trinajstić information content (AvgIpc) is 3.55. The molecular formula is C31H28ClN3O4S2. The molecule has 2 heterocycles. The highest BCUT2D eigenvalue weighted by Crippen LogP contribution is 2.44. The van der Waals surface area contributed by atoms with Crippen LogP contribution < -0.4 is 9.64 Å². The minimum Gasteiger partial charge on any atom is -0.507 e. The number of carbonyl (C=O) groups excluding carboxylic acids is 2. The van der Waals surface area contributed by atoms with Crippen LogP contribution in [-0.4, -0.2) is 33.6 Å². The molecule has 1 atom stereocenters. The van der Waals surface area contributed by atoms with Crippen molar-refractivity contribution in [1.82, 2.24) is 10.2 Å². The zero-order valence-electron chi connectivity index (χ0n) is 22.5. The minimum atomic E-state index is -0.927. The molecule has 1 N–H and O–H groups in total. The third-order valence-corrected chi connectivity index (χ3v) is 8.97. The molecule has 0 spiro atoms. The van der Waals surface area contributed by atoms with Crippen molar-refractivity contribution in [2.45, 2.75) is 42.8 Å². The van der Waals surface area contributed by atoms with Crippen LogP contribution in [0, 0.1) is 6.92 Å². The summed E-state index contributed by atoms with van der Waals surface area (Å²) in [6.45, 7) is 4.67. The number of benzene rings is 3. The van der Waals surface area contributed by atoms with Crippen LogP contribution in [-0.2, 0) is 15.3 Å². The van der Waals surface area contributed by atoms with Crippen LogP contribution in [0.5, 0.6) is 5.75 Å². The fourth-order valence-electron chi connectivity index (χ4n) is 4.40. The van der Waals surface area contributed by atoms with E-state index in [1.54, 1.807) is 36.4 Å². The Bertz CT molecular complexity index is 1590. The number of anilines is 1. The number of hydrogen-bond acceptors (Lipinski definition) is 8. The van der Waals surface area contributed by atoms with E-state index in [1.807, 2.05) is 19.1 Å². The summed E-state index contributed by atoms with van der Waals surface area (Å²) >= 11 is 8.78. The second-order valence-electron chi connectivity index (χ2n) is 9.58. The van der Waals surface area contributed by atoms with Crippen molar-refractivity contribution in [3.63, 3.8) is 0 Å². The summed E-state index contributed by atoms with van der Waals surface area (Å²) in [7, 11) is 0. The molecule has 7 nitrogen and oxygen atoms in total. The van der Waals surface area contributed by atoms with Gasteiger partial charge in [0.15, 0.2) is 4.34 Å². The van der Waals surface area contributed by atoms with Crippen molar-refractivity contribution >= 4 is 57.3 Å². The number of carbonyl (C=O) groups is 2. The number of unbranched alkanes of at least 4 members (excludes halogenated alkanes) is 1. The lowest BCUT2D eigenvalue weighted by Gasteiger charge is -2.23. The van der Waals surface area contributed by atoms with E-state index in [-0.39, 0.29) is 16.5 Å². The second kappa shape index (κ2) is 12.9. The Labute approximate surface area is 251 Å². The number of Topliss-reactive ketones (excluding diaryl/α,β-unsaturated/α-hetero) is 1. The number of hydrogen-bond donors (Lipinski definition) is 1. The van der Waals surface area contributed by atoms with Crippen molar-refractivity contribution in [3.05, 3.63) is 106 Å². The number of aliphatic hydroxyl groups is 1. The molecule has 4 aromatic rings. The predicted octanol–water partition coefficient (Wildman–Crippen LogP) is 7.60. The summed E-state index contributed by atoms with van der Waals surface area (Å²) < 4.78 is 6.57. The summed E-state index contributed by atoms with van der Waals surface area (Å²) in [4.78, 5) is 28.3. The summed E-state index contributed by atoms with van der Waals surface area (Å²) in [5.41, 5.74) is 3.27. The first kappa shape index (κ1) is 28.9. The molecule has 3 aromatic carbocycles. The molecule has 0 radical (unpaired) electrons. The number of aryl methyl sites for hydroxylation is 1. The first-order chi connectivity index (χ1) is 19.9. The molecule has 10 heteroatoms. The number of amides is 1. The molecule has 5 rings (SSSR count). The summed E-state index contributed by atoms with van der Waals surface area (Å²) in [5, 5.41) is 20.7. The molecule has 1 aliphatic heterocycles. The standard InChI is InChI=1S/C31H28ClN3O4S2/c1-3-4-16-39-24-7-5-6-22(17-24)26-25(27(36)21-12-14-23(32)15-13-21)28(37)29(38)35(26)30-33-34-31(41-30)40-18-20-10-8-19(2)9-11-20/h5-15,17,26,36H,3-4,16,18H2,1-2H3/b27-25+. The summed E-state index contributed by atoms with van der Waals surface area (Å²) in [6, 6.07) is 21.0. The number of aromatic nitrogens is 2. The van der Waals surface area contributed by atoms with Crippen LogP contribution in [0.15, 0.2) is 82.7 Å². The molecule has 0 bridgehead atoms. The molecule has 210 valence electrons. The molecule has 0 aliphatic carbocycles. The van der Waals surface area contributed by atoms with Gasteiger partial charge >= 0.3 is 5.91 Å². The zero-order valence-corrected chi connectivity index (χ0v) is 24.9. The van der Waals surface area contributed by atoms with Crippen LogP contribution in [0.2, 0.25) is 5.02 Å². The maximum Gasteiger partial charge on any atom is 0.301 e. The van der Waals surface area contributed by atoms with Gasteiger partial charge in [0.05, 0.1) is 18.2 Å². The van der Waals surface area contributed by atoms with E-state index < -0.39 is 17.7 Å². The van der Waals surface area contributed by atoms with Gasteiger partial charge in [-0.15, -0.1) is 10.2 Å². The maximum absolute atomic E-state index is 13.5. The molecule has 41 heavy (non-hydrogen) atoms. The normalized spacial score (nSPS) is 16.4. The van der Waals surface area contributed by atoms with Crippen molar-refractivity contribution in [2.24, 2.45) is 0 Å². The Kier molecular flexibility index (Phi) is 9.07. The van der Waals surface area contributed by atoms with E-state index in [1.165, 1.54) is 33.6 Å². The van der Waals surface area contributed by atoms with Gasteiger partial charge in [-0.2, -0.15) is 0 Å². The molecule has 1 saturated heterocycles. The number of ether oxygens (including phenoxy) is 1. The lowest BCUT2D eigenvalue weighted by Crippen LogP contribution is -2.29. The molecule has 1 aliphatic rings. The predicted molar refractivity (Wildman–Crippen MR) is 164 cm³/mol. The van der Waals surface area contributed by atoms with Gasteiger partial charge in [0.25, 0.3) is 5.78 Å². The highest BCUT2D eigenvalue weighted by Gasteiger charge is 2.48. The van der Waals surface area contributed by atoms with Crippen molar-refractivity contribution in [1.29, 1.82) is 0 Å². The van der Waals surface area contributed by atoms with E-state index in [0.29, 0.717) is 38.6 Å². The van der Waals surface area contributed by atoms with Gasteiger partial charge < -0.3 is 9.84 Å². The summed E-state index contributed by atoms with van der Waals surface area (Å²) in [5.74, 6) is -0.578. The fourth-order valence-corrected chi connectivity index (χ4v) is 6.35. The first-order valence-electron chi connectivity index (χ1n) is 13.2. The van der Waals surface area contributed by atoms with Crippen molar-refractivity contribution < 1.29 is 19.4 Å². The number of aliphatic hydroxyl groups excluding tert-OH is 1. The molecule has 1 aromatic heterocycles. The maximum atomic E-state index is 13.5. The van der Waals surface area contributed by atoms with Crippen molar-refractivity contribution in [2.75, 3.05) is 11.5 Å². The smallest absolute Gasteiger partial charge is 0.301 e. The van der Waals surface area contributed by atoms with Gasteiger partial charge in [0.1, 0.15) is 11.5 Å². The lowest BCUT2D eigenvalue weighted by atomic mass is 9.95. The van der Waals surface area contributed by atoms with Crippen LogP contribution in [0.25, 0.3) is 5.76 Å². The molecular weight excluding hydrogens is 578 g/mol. The van der Waals surface area contributed by atoms with E-state index in [0.717, 1.165) is 18.4 Å². The quantitative estimate of drug-likeness (QED) is 0.0497. The van der Waals surface area contributed by atoms with Crippen LogP contribution in [0.1, 0.15) is 48.1 Å². The number of rotatable bonds is 10. The largest absolute Gasteiger partial charge is 0.507 e. The SMILES string of the molecule is CCCCOc1cccc(C2/C(=C(\O)c3ccc(Cl)cc3)C(=O)C(=O)N2c2nnc(SCc3ccc(C)cc3)s2)c1. The number of thioether (sulfide) groups is 1. The second-order valence-corrected chi connectivity index (χ2v) is 12.2. The molecule has 1 fully saturated rings. The van der Waals surface area contributed by atoms with Crippen molar-refractivity contribution in [3.8, 4) is 5.75 Å². The Hall–Kier alpha value is -3.66. The highest BCUT2D eigenvalue weighted by molar-refractivity contribution is 8.00. The highest BCUT2D eigenvalue weighted by atomic mass is 35.5. The third kappa shape index (κ3) is 6.48. The first-order valence-corrected chi connectivity index (χ1v) is 15.3. The Balaban J connectivity index is 1.53. The van der Waals surface area contributed by atoms with Gasteiger partial charge in [-0.1, -0.05) is 90.0 Å². The molecule has 0 saturated carbocycles. The Morgan fingerprint density at radius 1 is 1.07 bits per heavy atom. The Morgan fingerprint density at radius 3 is 2.56 bits per heavy atom. The van der Waals surface area contributed by atoms with Gasteiger partial charge in [0, 0.05) is 16.3 Å². The van der Waals surface area contributed by atoms with E-state index in [9.17, 15) is 14.7 Å². The Morgan fingerprint density at radius 2 is 1.83 bits per heavy atom. The lowest BCUT2D eigenvalue weighted by molar-refractivity contribution is -0.132. The van der Waals surface area contributed by atoms with E-state index >= 15 is 0 Å². The summed E-state index contributed by atoms with van der Waals surface area (Å²) in [6.07, 6.45) is 1.88. The third-order valence-electron chi connectivity index (χ3n) is 6.59. The average molecular weight is 606 g/mol. The minimum absolute atomic E-state index is 0.0351. The van der Waals surface area contributed by atoms with Gasteiger partial charge in [-0.25, -0.2) is 0 Å². The molecule has 1 amide bonds. The zero-order chi connectivity index (χ0) is 28.9. The van der Waals surface area contributed by atoms with Gasteiger partial charge in [0.2, 0.25) is 5.13 Å². The van der Waals surface area contributed by atoms with Crippen LogP contribution in [0.3, 0.4) is 0 Å². The number of ketones is 1. The van der Waals surface area contributed by atoms with Gasteiger partial charge in [-0.3, -0.25) is 14.5 Å². The topological polar surface area (TPSA) is 92.6 Å². The van der Waals surface area contributed by atoms with Crippen LogP contribution in [0.4, 0.5) is 5.13 Å². The fraction of sp³-hybridized carbons (Fsp3) is 0.226. The molecule has 1 unspecified atom stereocenters. The van der Waals surface area contributed by atoms with E-state index in [4.69, 9.17) is 16.3 Å². The monoisotopic (exact) mass is 605 g/mol. The van der Waals surface area contributed by atoms with Gasteiger partial charge in [-0.05, 0) is 60.9 Å². The van der Waals surface area contributed by atoms with E-state index in [2.05, 4.69) is 41.4 Å².